The van der Waals surface area contributed by atoms with Crippen molar-refractivity contribution in [1.82, 2.24) is 9.97 Å². The molecule has 3 nitrogen and oxygen atoms in total. The van der Waals surface area contributed by atoms with Gasteiger partial charge in [0.15, 0.2) is 0 Å². The third kappa shape index (κ3) is 7.41. The largest absolute Gasteiger partial charge is 0.494 e. The average Bonchev–Trinajstić information content (AvgIpc) is 2.79. The summed E-state index contributed by atoms with van der Waals surface area (Å²) in [6.07, 6.45) is 19.5. The molecule has 3 heteroatoms. The Morgan fingerprint density at radius 2 is 1.53 bits per heavy atom. The number of hydrogen-bond donors (Lipinski definition) is 0. The number of rotatable bonds is 12. The van der Waals surface area contributed by atoms with Crippen LogP contribution in [0.25, 0.3) is 11.3 Å². The fourth-order valence-electron chi connectivity index (χ4n) is 4.69. The van der Waals surface area contributed by atoms with E-state index in [9.17, 15) is 0 Å². The van der Waals surface area contributed by atoms with Crippen LogP contribution in [-0.2, 0) is 6.42 Å². The van der Waals surface area contributed by atoms with Gasteiger partial charge in [-0.05, 0) is 61.8 Å². The first-order chi connectivity index (χ1) is 14.8. The lowest BCUT2D eigenvalue weighted by molar-refractivity contribution is 0.230. The summed E-state index contributed by atoms with van der Waals surface area (Å²) in [6, 6.07) is 8.29. The maximum atomic E-state index is 5.99. The number of benzene rings is 1. The topological polar surface area (TPSA) is 35.0 Å². The predicted molar refractivity (Wildman–Crippen MR) is 126 cm³/mol. The molecular formula is C27H40N2O. The van der Waals surface area contributed by atoms with Crippen LogP contribution in [0.1, 0.15) is 90.2 Å². The van der Waals surface area contributed by atoms with Crippen molar-refractivity contribution in [2.24, 2.45) is 11.8 Å². The lowest BCUT2D eigenvalue weighted by atomic mass is 9.78. The van der Waals surface area contributed by atoms with Gasteiger partial charge in [0.2, 0.25) is 0 Å². The van der Waals surface area contributed by atoms with Crippen molar-refractivity contribution < 1.29 is 4.74 Å². The Bertz CT molecular complexity index is 703. The molecule has 1 aliphatic rings. The van der Waals surface area contributed by atoms with E-state index in [0.29, 0.717) is 0 Å². The number of hydrogen-bond acceptors (Lipinski definition) is 3. The predicted octanol–water partition coefficient (Wildman–Crippen LogP) is 7.64. The Morgan fingerprint density at radius 3 is 2.17 bits per heavy atom. The molecule has 1 fully saturated rings. The Hall–Kier alpha value is -1.90. The molecule has 0 unspecified atom stereocenters. The summed E-state index contributed by atoms with van der Waals surface area (Å²) in [4.78, 5) is 9.17. The van der Waals surface area contributed by atoms with Crippen LogP contribution in [0.5, 0.6) is 5.75 Å². The zero-order valence-corrected chi connectivity index (χ0v) is 19.1. The van der Waals surface area contributed by atoms with Crippen molar-refractivity contribution >= 4 is 0 Å². The normalized spacial score (nSPS) is 19.0. The summed E-state index contributed by atoms with van der Waals surface area (Å²) in [5, 5.41) is 0. The fourth-order valence-corrected chi connectivity index (χ4v) is 4.69. The van der Waals surface area contributed by atoms with Crippen LogP contribution in [-0.4, -0.2) is 16.6 Å². The van der Waals surface area contributed by atoms with Gasteiger partial charge in [0, 0.05) is 11.8 Å². The van der Waals surface area contributed by atoms with Crippen LogP contribution in [0.4, 0.5) is 0 Å². The van der Waals surface area contributed by atoms with E-state index in [1.54, 1.807) is 0 Å². The Morgan fingerprint density at radius 1 is 0.800 bits per heavy atom. The molecule has 1 saturated carbocycles. The molecule has 0 amide bonds. The molecule has 30 heavy (non-hydrogen) atoms. The first-order valence-corrected chi connectivity index (χ1v) is 12.3. The van der Waals surface area contributed by atoms with Crippen LogP contribution in [0.15, 0.2) is 36.7 Å². The Labute approximate surface area is 183 Å². The molecule has 1 aliphatic carbocycles. The second-order valence-electron chi connectivity index (χ2n) is 9.04. The molecule has 0 aliphatic heterocycles. The van der Waals surface area contributed by atoms with E-state index in [2.05, 4.69) is 48.1 Å². The number of unbranched alkanes of at least 4 members (excludes halogenated alkanes) is 2. The molecule has 1 aromatic heterocycles. The van der Waals surface area contributed by atoms with E-state index in [4.69, 9.17) is 4.74 Å². The van der Waals surface area contributed by atoms with Gasteiger partial charge in [0.1, 0.15) is 5.75 Å². The molecule has 1 heterocycles. The van der Waals surface area contributed by atoms with E-state index in [0.717, 1.165) is 54.0 Å². The minimum atomic E-state index is 0.820. The molecule has 1 aromatic carbocycles. The molecular weight excluding hydrogens is 368 g/mol. The maximum absolute atomic E-state index is 5.99. The first-order valence-electron chi connectivity index (χ1n) is 12.3. The molecule has 0 radical (unpaired) electrons. The third-order valence-corrected chi connectivity index (χ3v) is 6.58. The van der Waals surface area contributed by atoms with Crippen LogP contribution < -0.4 is 4.74 Å². The highest BCUT2D eigenvalue weighted by Crippen LogP contribution is 2.33. The zero-order valence-electron chi connectivity index (χ0n) is 19.1. The van der Waals surface area contributed by atoms with Crippen LogP contribution in [0.3, 0.4) is 0 Å². The molecule has 3 rings (SSSR count). The highest BCUT2D eigenvalue weighted by Gasteiger charge is 2.20. The van der Waals surface area contributed by atoms with Gasteiger partial charge in [-0.25, -0.2) is 0 Å². The summed E-state index contributed by atoms with van der Waals surface area (Å²) in [7, 11) is 0. The SMILES string of the molecule is CCCCCc1cnc(-c2ccc(OCCC[C@H]3CC[C@H](CCC)CC3)cc2)cn1. The quantitative estimate of drug-likeness (QED) is 0.338. The molecule has 164 valence electrons. The van der Waals surface area contributed by atoms with Crippen molar-refractivity contribution in [2.45, 2.75) is 90.9 Å². The first kappa shape index (κ1) is 22.8. The van der Waals surface area contributed by atoms with E-state index < -0.39 is 0 Å². The van der Waals surface area contributed by atoms with Gasteiger partial charge >= 0.3 is 0 Å². The number of aryl methyl sites for hydroxylation is 1. The van der Waals surface area contributed by atoms with Crippen molar-refractivity contribution in [3.8, 4) is 17.0 Å². The van der Waals surface area contributed by atoms with Crippen molar-refractivity contribution in [1.29, 1.82) is 0 Å². The highest BCUT2D eigenvalue weighted by molar-refractivity contribution is 5.58. The standard InChI is InChI=1S/C27H40N2O/c1-3-5-6-10-25-20-29-27(21-28-25)24-15-17-26(18-16-24)30-19-7-9-23-13-11-22(8-4-2)12-14-23/h15-18,20-23H,3-14,19H2,1-2H3/t22-,23-. The molecule has 0 atom stereocenters. The van der Waals surface area contributed by atoms with Gasteiger partial charge in [-0.1, -0.05) is 65.2 Å². The minimum absolute atomic E-state index is 0.820. The van der Waals surface area contributed by atoms with Gasteiger partial charge in [0.05, 0.1) is 24.2 Å². The van der Waals surface area contributed by atoms with Crippen LogP contribution >= 0.6 is 0 Å². The lowest BCUT2D eigenvalue weighted by Gasteiger charge is -2.28. The summed E-state index contributed by atoms with van der Waals surface area (Å²) in [6.45, 7) is 5.36. The van der Waals surface area contributed by atoms with Gasteiger partial charge in [-0.3, -0.25) is 9.97 Å². The van der Waals surface area contributed by atoms with Gasteiger partial charge in [-0.15, -0.1) is 0 Å². The lowest BCUT2D eigenvalue weighted by Crippen LogP contribution is -2.15. The molecule has 0 bridgehead atoms. The van der Waals surface area contributed by atoms with Gasteiger partial charge < -0.3 is 4.74 Å². The van der Waals surface area contributed by atoms with Crippen LogP contribution in [0, 0.1) is 11.8 Å². The molecule has 0 saturated heterocycles. The Balaban J connectivity index is 1.36. The van der Waals surface area contributed by atoms with Crippen molar-refractivity contribution in [2.75, 3.05) is 6.61 Å². The highest BCUT2D eigenvalue weighted by atomic mass is 16.5. The van der Waals surface area contributed by atoms with Gasteiger partial charge in [0.25, 0.3) is 0 Å². The van der Waals surface area contributed by atoms with E-state index in [-0.39, 0.29) is 0 Å². The second-order valence-corrected chi connectivity index (χ2v) is 9.04. The average molecular weight is 409 g/mol. The maximum Gasteiger partial charge on any atom is 0.119 e. The van der Waals surface area contributed by atoms with Gasteiger partial charge in [-0.2, -0.15) is 0 Å². The minimum Gasteiger partial charge on any atom is -0.494 e. The second kappa shape index (κ2) is 12.7. The summed E-state index contributed by atoms with van der Waals surface area (Å²) in [5.41, 5.74) is 3.12. The summed E-state index contributed by atoms with van der Waals surface area (Å²) in [5.74, 6) is 2.88. The van der Waals surface area contributed by atoms with E-state index in [1.807, 2.05) is 12.4 Å². The van der Waals surface area contributed by atoms with Crippen LogP contribution in [0.2, 0.25) is 0 Å². The van der Waals surface area contributed by atoms with Crippen molar-refractivity contribution in [3.05, 3.63) is 42.4 Å². The monoisotopic (exact) mass is 408 g/mol. The fraction of sp³-hybridized carbons (Fsp3) is 0.630. The smallest absolute Gasteiger partial charge is 0.119 e. The van der Waals surface area contributed by atoms with E-state index in [1.165, 1.54) is 64.2 Å². The molecule has 0 spiro atoms. The number of aromatic nitrogens is 2. The molecule has 0 N–H and O–H groups in total. The number of ether oxygens (including phenoxy) is 1. The Kier molecular flexibility index (Phi) is 9.66. The van der Waals surface area contributed by atoms with Crippen molar-refractivity contribution in [3.63, 3.8) is 0 Å². The third-order valence-electron chi connectivity index (χ3n) is 6.58. The molecule has 2 aromatic rings. The zero-order chi connectivity index (χ0) is 21.0. The number of nitrogens with zero attached hydrogens (tertiary/aromatic N) is 2. The summed E-state index contributed by atoms with van der Waals surface area (Å²) < 4.78 is 5.99. The van der Waals surface area contributed by atoms with E-state index >= 15 is 0 Å². The summed E-state index contributed by atoms with van der Waals surface area (Å²) >= 11 is 0.